The van der Waals surface area contributed by atoms with E-state index < -0.39 is 0 Å². The first-order valence-corrected chi connectivity index (χ1v) is 11.1. The van der Waals surface area contributed by atoms with E-state index in [1.54, 1.807) is 0 Å². The van der Waals surface area contributed by atoms with E-state index in [2.05, 4.69) is 34.7 Å². The molecule has 0 saturated heterocycles. The van der Waals surface area contributed by atoms with Gasteiger partial charge in [-0.1, -0.05) is 76.9 Å². The summed E-state index contributed by atoms with van der Waals surface area (Å²) in [4.78, 5) is 15.8. The van der Waals surface area contributed by atoms with Gasteiger partial charge in [-0.25, -0.2) is 0 Å². The maximum atomic E-state index is 11.7. The number of hydrogen-bond acceptors (Lipinski definition) is 3. The van der Waals surface area contributed by atoms with Crippen molar-refractivity contribution in [2.24, 2.45) is 4.99 Å². The Morgan fingerprint density at radius 2 is 1.50 bits per heavy atom. The van der Waals surface area contributed by atoms with Crippen LogP contribution in [0.4, 0.5) is 0 Å². The Balaban J connectivity index is 1.75. The second-order valence-electron chi connectivity index (χ2n) is 7.35. The molecular formula is C22H41N3O. The monoisotopic (exact) mass is 363 g/mol. The van der Waals surface area contributed by atoms with Crippen LogP contribution in [-0.2, 0) is 4.79 Å². The summed E-state index contributed by atoms with van der Waals surface area (Å²) >= 11 is 0. The molecule has 4 nitrogen and oxygen atoms in total. The Labute approximate surface area is 161 Å². The van der Waals surface area contributed by atoms with Gasteiger partial charge in [0.15, 0.2) is 5.84 Å². The number of aliphatic imine (C=N–C) groups is 1. The van der Waals surface area contributed by atoms with Gasteiger partial charge in [0, 0.05) is 13.1 Å². The van der Waals surface area contributed by atoms with Gasteiger partial charge >= 0.3 is 0 Å². The second-order valence-corrected chi connectivity index (χ2v) is 7.35. The molecule has 1 rings (SSSR count). The van der Waals surface area contributed by atoms with E-state index in [4.69, 9.17) is 0 Å². The predicted molar refractivity (Wildman–Crippen MR) is 113 cm³/mol. The van der Waals surface area contributed by atoms with Crippen molar-refractivity contribution >= 4 is 11.7 Å². The fraction of sp³-hybridized carbons (Fsp3) is 0.818. The van der Waals surface area contributed by atoms with Crippen LogP contribution < -0.4 is 10.6 Å². The highest BCUT2D eigenvalue weighted by molar-refractivity contribution is 6.38. The Morgan fingerprint density at radius 3 is 2.08 bits per heavy atom. The number of amides is 1. The molecule has 4 heteroatoms. The minimum absolute atomic E-state index is 0.0461. The smallest absolute Gasteiger partial charge is 0.286 e. The van der Waals surface area contributed by atoms with E-state index >= 15 is 0 Å². The third-order valence-electron chi connectivity index (χ3n) is 4.86. The number of nitrogens with zero attached hydrogens (tertiary/aromatic N) is 1. The van der Waals surface area contributed by atoms with Gasteiger partial charge in [0.1, 0.15) is 0 Å². The summed E-state index contributed by atoms with van der Waals surface area (Å²) in [5, 5.41) is 5.93. The van der Waals surface area contributed by atoms with Gasteiger partial charge in [-0.05, 0) is 32.1 Å². The zero-order chi connectivity index (χ0) is 18.7. The molecule has 0 aromatic heterocycles. The summed E-state index contributed by atoms with van der Waals surface area (Å²) in [6, 6.07) is 0. The van der Waals surface area contributed by atoms with Crippen molar-refractivity contribution in [2.75, 3.05) is 19.6 Å². The average Bonchev–Trinajstić information content (AvgIpc) is 3.19. The Morgan fingerprint density at radius 1 is 0.923 bits per heavy atom. The third kappa shape index (κ3) is 13.0. The van der Waals surface area contributed by atoms with E-state index in [0.29, 0.717) is 5.84 Å². The standard InChI is InChI=1S/C22H41N3O/c1-2-3-4-5-6-7-8-9-10-11-12-13-14-15-16-17-18-25-22(26)21-23-19-20-24-21/h9-10H,2-8,11-20H2,1H3,(H,23,24)(H,25,26)/b10-9-. The number of carbonyl (C=O) groups is 1. The lowest BCUT2D eigenvalue weighted by atomic mass is 10.1. The molecule has 0 unspecified atom stereocenters. The molecule has 0 aromatic rings. The van der Waals surface area contributed by atoms with Crippen molar-refractivity contribution in [3.8, 4) is 0 Å². The van der Waals surface area contributed by atoms with Crippen LogP contribution in [0, 0.1) is 0 Å². The Hall–Kier alpha value is -1.32. The minimum atomic E-state index is -0.0461. The molecule has 1 aliphatic rings. The molecule has 0 spiro atoms. The topological polar surface area (TPSA) is 53.5 Å². The van der Waals surface area contributed by atoms with Crippen LogP contribution in [-0.4, -0.2) is 31.4 Å². The highest BCUT2D eigenvalue weighted by Crippen LogP contribution is 2.09. The Kier molecular flexibility index (Phi) is 15.0. The quantitative estimate of drug-likeness (QED) is 0.278. The lowest BCUT2D eigenvalue weighted by Crippen LogP contribution is -2.38. The van der Waals surface area contributed by atoms with Crippen molar-refractivity contribution in [3.05, 3.63) is 12.2 Å². The van der Waals surface area contributed by atoms with E-state index in [1.165, 1.54) is 83.5 Å². The summed E-state index contributed by atoms with van der Waals surface area (Å²) in [6.07, 6.45) is 23.1. The maximum Gasteiger partial charge on any atom is 0.286 e. The number of rotatable bonds is 17. The van der Waals surface area contributed by atoms with E-state index in [1.807, 2.05) is 0 Å². The lowest BCUT2D eigenvalue weighted by Gasteiger charge is -2.05. The summed E-state index contributed by atoms with van der Waals surface area (Å²) in [5.41, 5.74) is 0. The number of allylic oxidation sites excluding steroid dienone is 2. The van der Waals surface area contributed by atoms with Crippen LogP contribution in [0.1, 0.15) is 96.8 Å². The lowest BCUT2D eigenvalue weighted by molar-refractivity contribution is -0.115. The van der Waals surface area contributed by atoms with Gasteiger partial charge in [-0.2, -0.15) is 0 Å². The Bertz CT molecular complexity index is 404. The normalized spacial score (nSPS) is 13.8. The first-order valence-electron chi connectivity index (χ1n) is 11.1. The number of amidine groups is 1. The zero-order valence-electron chi connectivity index (χ0n) is 17.0. The van der Waals surface area contributed by atoms with Crippen LogP contribution in [0.2, 0.25) is 0 Å². The van der Waals surface area contributed by atoms with Crippen LogP contribution in [0.3, 0.4) is 0 Å². The molecule has 0 fully saturated rings. The number of carbonyl (C=O) groups excluding carboxylic acids is 1. The van der Waals surface area contributed by atoms with Crippen LogP contribution in [0.15, 0.2) is 17.1 Å². The highest BCUT2D eigenvalue weighted by atomic mass is 16.2. The molecule has 0 radical (unpaired) electrons. The van der Waals surface area contributed by atoms with Gasteiger partial charge in [-0.3, -0.25) is 9.79 Å². The van der Waals surface area contributed by atoms with Crippen LogP contribution in [0.5, 0.6) is 0 Å². The van der Waals surface area contributed by atoms with E-state index in [0.717, 1.165) is 26.1 Å². The number of unbranched alkanes of at least 4 members (excludes halogenated alkanes) is 12. The molecule has 0 aromatic carbocycles. The summed E-state index contributed by atoms with van der Waals surface area (Å²) in [6.45, 7) is 4.54. The van der Waals surface area contributed by atoms with Gasteiger partial charge < -0.3 is 10.6 Å². The fourth-order valence-corrected chi connectivity index (χ4v) is 3.21. The molecule has 1 amide bonds. The van der Waals surface area contributed by atoms with Crippen molar-refractivity contribution in [1.29, 1.82) is 0 Å². The van der Waals surface area contributed by atoms with Crippen molar-refractivity contribution in [2.45, 2.75) is 96.8 Å². The SMILES string of the molecule is CCCCCCCC/C=C\CCCCCCCCNC(=O)C1=NCCN1. The predicted octanol–water partition coefficient (Wildman–Crippen LogP) is 5.14. The molecule has 0 aliphatic carbocycles. The van der Waals surface area contributed by atoms with Crippen molar-refractivity contribution in [3.63, 3.8) is 0 Å². The van der Waals surface area contributed by atoms with E-state index in [-0.39, 0.29) is 5.91 Å². The first kappa shape index (κ1) is 22.7. The molecule has 1 aliphatic heterocycles. The van der Waals surface area contributed by atoms with E-state index in [9.17, 15) is 4.79 Å². The van der Waals surface area contributed by atoms with Crippen molar-refractivity contribution < 1.29 is 4.79 Å². The summed E-state index contributed by atoms with van der Waals surface area (Å²) in [7, 11) is 0. The molecular weight excluding hydrogens is 322 g/mol. The second kappa shape index (κ2) is 17.1. The van der Waals surface area contributed by atoms with Gasteiger partial charge in [0.2, 0.25) is 0 Å². The fourth-order valence-electron chi connectivity index (χ4n) is 3.21. The van der Waals surface area contributed by atoms with Crippen molar-refractivity contribution in [1.82, 2.24) is 10.6 Å². The molecule has 150 valence electrons. The largest absolute Gasteiger partial charge is 0.364 e. The minimum Gasteiger partial charge on any atom is -0.364 e. The van der Waals surface area contributed by atoms with Gasteiger partial charge in [0.05, 0.1) is 6.54 Å². The summed E-state index contributed by atoms with van der Waals surface area (Å²) in [5.74, 6) is 0.463. The molecule has 0 atom stereocenters. The average molecular weight is 364 g/mol. The molecule has 2 N–H and O–H groups in total. The van der Waals surface area contributed by atoms with Crippen LogP contribution in [0.25, 0.3) is 0 Å². The number of hydrogen-bond donors (Lipinski definition) is 2. The number of nitrogens with one attached hydrogen (secondary N) is 2. The molecule has 26 heavy (non-hydrogen) atoms. The molecule has 0 saturated carbocycles. The molecule has 1 heterocycles. The van der Waals surface area contributed by atoms with Crippen LogP contribution >= 0.6 is 0 Å². The summed E-state index contributed by atoms with van der Waals surface area (Å²) < 4.78 is 0. The van der Waals surface area contributed by atoms with Gasteiger partial charge in [0.25, 0.3) is 5.91 Å². The first-order chi connectivity index (χ1) is 12.8. The zero-order valence-corrected chi connectivity index (χ0v) is 17.0. The maximum absolute atomic E-state index is 11.7. The van der Waals surface area contributed by atoms with Gasteiger partial charge in [-0.15, -0.1) is 0 Å². The molecule has 0 bridgehead atoms. The third-order valence-corrected chi connectivity index (χ3v) is 4.86. The highest BCUT2D eigenvalue weighted by Gasteiger charge is 2.13.